The van der Waals surface area contributed by atoms with E-state index in [4.69, 9.17) is 9.52 Å². The molecular weight excluding hydrogens is 435 g/mol. The number of carboxylic acid groups (broad SMARTS) is 1. The average molecular weight is 450 g/mol. The van der Waals surface area contributed by atoms with Crippen LogP contribution < -0.4 is 10.4 Å². The molecule has 33 heavy (non-hydrogen) atoms. The molecule has 0 saturated carbocycles. The van der Waals surface area contributed by atoms with E-state index in [1.165, 1.54) is 55.7 Å². The lowest BCUT2D eigenvalue weighted by Crippen LogP contribution is -2.35. The summed E-state index contributed by atoms with van der Waals surface area (Å²) in [5.74, 6) is -3.75. The molecule has 2 heterocycles. The molecule has 3 aromatic rings. The van der Waals surface area contributed by atoms with Crippen LogP contribution >= 0.6 is 0 Å². The molecule has 2 amide bonds. The predicted molar refractivity (Wildman–Crippen MR) is 112 cm³/mol. The molecule has 2 aromatic carbocycles. The van der Waals surface area contributed by atoms with E-state index in [2.05, 4.69) is 10.2 Å². The van der Waals surface area contributed by atoms with Crippen molar-refractivity contribution in [3.8, 4) is 11.3 Å². The summed E-state index contributed by atoms with van der Waals surface area (Å²) >= 11 is 0. The second kappa shape index (κ2) is 8.42. The number of amides is 2. The third-order valence-electron chi connectivity index (χ3n) is 4.83. The zero-order chi connectivity index (χ0) is 23.7. The summed E-state index contributed by atoms with van der Waals surface area (Å²) in [5, 5.41) is 10.1. The van der Waals surface area contributed by atoms with Crippen molar-refractivity contribution in [2.24, 2.45) is 0 Å². The predicted octanol–water partition coefficient (Wildman–Crippen LogP) is 3.03. The smallest absolute Gasteiger partial charge is 0.338 e. The molecule has 4 rings (SSSR count). The Hall–Kier alpha value is -4.73. The van der Waals surface area contributed by atoms with Crippen LogP contribution in [-0.2, 0) is 14.3 Å². The van der Waals surface area contributed by atoms with Crippen LogP contribution in [-0.4, -0.2) is 36.0 Å². The fraction of sp³-hybridized carbons (Fsp3) is 0.0435. The van der Waals surface area contributed by atoms with Gasteiger partial charge in [0.05, 0.1) is 23.9 Å². The number of esters is 1. The van der Waals surface area contributed by atoms with Gasteiger partial charge in [0, 0.05) is 5.56 Å². The molecule has 0 unspecified atom stereocenters. The van der Waals surface area contributed by atoms with Gasteiger partial charge in [-0.15, -0.1) is 0 Å². The minimum atomic E-state index is -1.42. The first kappa shape index (κ1) is 21.5. The lowest BCUT2D eigenvalue weighted by Gasteiger charge is -2.14. The van der Waals surface area contributed by atoms with Gasteiger partial charge in [0.1, 0.15) is 22.9 Å². The first-order valence-electron chi connectivity index (χ1n) is 9.47. The molecule has 9 nitrogen and oxygen atoms in total. The number of ether oxygens (including phenoxy) is 1. The largest absolute Gasteiger partial charge is 0.478 e. The summed E-state index contributed by atoms with van der Waals surface area (Å²) < 4.78 is 23.9. The Morgan fingerprint density at radius 3 is 2.48 bits per heavy atom. The van der Waals surface area contributed by atoms with Crippen molar-refractivity contribution >= 4 is 35.5 Å². The number of rotatable bonds is 5. The second-order valence-corrected chi connectivity index (χ2v) is 6.88. The number of hydrogen-bond acceptors (Lipinski definition) is 6. The Morgan fingerprint density at radius 2 is 1.82 bits per heavy atom. The van der Waals surface area contributed by atoms with E-state index in [1.807, 2.05) is 0 Å². The summed E-state index contributed by atoms with van der Waals surface area (Å²) in [4.78, 5) is 47.8. The minimum Gasteiger partial charge on any atom is -0.478 e. The molecule has 0 aliphatic carbocycles. The second-order valence-electron chi connectivity index (χ2n) is 6.88. The van der Waals surface area contributed by atoms with Crippen LogP contribution in [0.1, 0.15) is 26.5 Å². The number of hydrazine groups is 1. The van der Waals surface area contributed by atoms with Crippen LogP contribution in [0.2, 0.25) is 0 Å². The molecule has 1 fully saturated rings. The Balaban J connectivity index is 1.58. The van der Waals surface area contributed by atoms with E-state index >= 15 is 0 Å². The van der Waals surface area contributed by atoms with E-state index in [1.54, 1.807) is 0 Å². The molecule has 166 valence electrons. The van der Waals surface area contributed by atoms with Crippen LogP contribution in [0.25, 0.3) is 17.4 Å². The quantitative estimate of drug-likeness (QED) is 0.348. The van der Waals surface area contributed by atoms with Gasteiger partial charge < -0.3 is 14.3 Å². The number of aromatic carboxylic acids is 1. The summed E-state index contributed by atoms with van der Waals surface area (Å²) in [5.41, 5.74) is 2.65. The summed E-state index contributed by atoms with van der Waals surface area (Å²) in [6.07, 6.45) is 1.24. The number of anilines is 1. The van der Waals surface area contributed by atoms with Crippen molar-refractivity contribution in [1.82, 2.24) is 5.43 Å². The van der Waals surface area contributed by atoms with Gasteiger partial charge in [-0.05, 0) is 60.7 Å². The highest BCUT2D eigenvalue weighted by atomic mass is 19.1. The first-order valence-corrected chi connectivity index (χ1v) is 9.47. The van der Waals surface area contributed by atoms with Crippen LogP contribution in [0, 0.1) is 5.82 Å². The van der Waals surface area contributed by atoms with E-state index < -0.39 is 35.1 Å². The van der Waals surface area contributed by atoms with Gasteiger partial charge >= 0.3 is 11.9 Å². The van der Waals surface area contributed by atoms with Crippen molar-refractivity contribution in [3.05, 3.63) is 82.9 Å². The highest BCUT2D eigenvalue weighted by Gasteiger charge is 2.34. The molecule has 10 heteroatoms. The van der Waals surface area contributed by atoms with Gasteiger partial charge in [0.25, 0.3) is 11.8 Å². The Bertz CT molecular complexity index is 1320. The number of benzene rings is 2. The molecule has 1 aromatic heterocycles. The maximum atomic E-state index is 13.6. The summed E-state index contributed by atoms with van der Waals surface area (Å²) in [6, 6.07) is 12.3. The van der Waals surface area contributed by atoms with Crippen LogP contribution in [0.4, 0.5) is 10.1 Å². The normalized spacial score (nSPS) is 14.5. The van der Waals surface area contributed by atoms with Gasteiger partial charge in [-0.25, -0.2) is 19.0 Å². The summed E-state index contributed by atoms with van der Waals surface area (Å²) in [7, 11) is 1.25. The van der Waals surface area contributed by atoms with Crippen molar-refractivity contribution in [2.45, 2.75) is 0 Å². The SMILES string of the molecule is COC(=O)c1ccc(N2NC(=O)/C(=C\c3ccc(-c4ccc(F)c(C(=O)O)c4)o3)C2=O)cc1. The number of hydrogen-bond donors (Lipinski definition) is 2. The number of carboxylic acids is 1. The zero-order valence-electron chi connectivity index (χ0n) is 17.0. The number of halogens is 1. The number of carbonyl (C=O) groups is 4. The fourth-order valence-electron chi connectivity index (χ4n) is 3.17. The average Bonchev–Trinajstić information content (AvgIpc) is 3.39. The first-order chi connectivity index (χ1) is 15.8. The Morgan fingerprint density at radius 1 is 1.09 bits per heavy atom. The van der Waals surface area contributed by atoms with Gasteiger partial charge in [-0.2, -0.15) is 0 Å². The lowest BCUT2D eigenvalue weighted by atomic mass is 10.1. The third kappa shape index (κ3) is 4.09. The Labute approximate surface area is 185 Å². The zero-order valence-corrected chi connectivity index (χ0v) is 17.0. The standard InChI is InChI=1S/C23H15FN2O7/c1-32-23(31)12-2-5-14(6-3-12)26-21(28)17(20(27)25-26)11-15-7-9-19(33-15)13-4-8-18(24)16(10-13)22(29)30/h2-11H,1H3,(H,25,27)(H,29,30)/b17-11+. The highest BCUT2D eigenvalue weighted by Crippen LogP contribution is 2.27. The molecule has 0 spiro atoms. The number of methoxy groups -OCH3 is 1. The third-order valence-corrected chi connectivity index (χ3v) is 4.83. The van der Waals surface area contributed by atoms with Gasteiger partial charge in [0.15, 0.2) is 0 Å². The molecule has 1 aliphatic rings. The molecule has 2 N–H and O–H groups in total. The van der Waals surface area contributed by atoms with Crippen LogP contribution in [0.5, 0.6) is 0 Å². The Kier molecular flexibility index (Phi) is 5.49. The molecule has 0 radical (unpaired) electrons. The van der Waals surface area contributed by atoms with Gasteiger partial charge in [0.2, 0.25) is 0 Å². The lowest BCUT2D eigenvalue weighted by molar-refractivity contribution is -0.117. The maximum absolute atomic E-state index is 13.6. The summed E-state index contributed by atoms with van der Waals surface area (Å²) in [6.45, 7) is 0. The minimum absolute atomic E-state index is 0.160. The molecule has 0 bridgehead atoms. The molecule has 1 saturated heterocycles. The molecule has 1 aliphatic heterocycles. The van der Waals surface area contributed by atoms with Crippen molar-refractivity contribution < 1.29 is 37.8 Å². The number of nitrogens with one attached hydrogen (secondary N) is 1. The van der Waals surface area contributed by atoms with E-state index in [9.17, 15) is 23.6 Å². The number of furan rings is 1. The maximum Gasteiger partial charge on any atom is 0.338 e. The van der Waals surface area contributed by atoms with Crippen molar-refractivity contribution in [3.63, 3.8) is 0 Å². The van der Waals surface area contributed by atoms with E-state index in [0.717, 1.165) is 17.1 Å². The number of nitrogens with zero attached hydrogens (tertiary/aromatic N) is 1. The van der Waals surface area contributed by atoms with Gasteiger partial charge in [-0.3, -0.25) is 15.0 Å². The monoisotopic (exact) mass is 450 g/mol. The topological polar surface area (TPSA) is 126 Å². The fourth-order valence-corrected chi connectivity index (χ4v) is 3.17. The molecule has 0 atom stereocenters. The van der Waals surface area contributed by atoms with Crippen molar-refractivity contribution in [2.75, 3.05) is 12.1 Å². The van der Waals surface area contributed by atoms with Crippen LogP contribution in [0.3, 0.4) is 0 Å². The van der Waals surface area contributed by atoms with E-state index in [-0.39, 0.29) is 22.7 Å². The van der Waals surface area contributed by atoms with Gasteiger partial charge in [-0.1, -0.05) is 0 Å². The number of carbonyl (C=O) groups excluding carboxylic acids is 3. The van der Waals surface area contributed by atoms with Crippen LogP contribution in [0.15, 0.2) is 64.6 Å². The highest BCUT2D eigenvalue weighted by molar-refractivity contribution is 6.31. The molecular formula is C23H15FN2O7. The van der Waals surface area contributed by atoms with Crippen molar-refractivity contribution in [1.29, 1.82) is 0 Å². The van der Waals surface area contributed by atoms with E-state index in [0.29, 0.717) is 11.3 Å².